The van der Waals surface area contributed by atoms with E-state index in [2.05, 4.69) is 10.2 Å². The van der Waals surface area contributed by atoms with Crippen molar-refractivity contribution >= 4 is 34.5 Å². The van der Waals surface area contributed by atoms with Gasteiger partial charge in [-0.1, -0.05) is 6.07 Å². The van der Waals surface area contributed by atoms with Crippen LogP contribution < -0.4 is 4.90 Å². The van der Waals surface area contributed by atoms with Crippen LogP contribution in [0.1, 0.15) is 25.7 Å². The first kappa shape index (κ1) is 19.4. The molecule has 0 saturated carbocycles. The Kier molecular flexibility index (Phi) is 5.21. The zero-order valence-corrected chi connectivity index (χ0v) is 16.2. The van der Waals surface area contributed by atoms with Gasteiger partial charge in [0.05, 0.1) is 23.9 Å². The molecular weight excluding hydrogens is 379 g/mol. The highest BCUT2D eigenvalue weighted by atomic mass is 19.1. The molecule has 29 heavy (non-hydrogen) atoms. The predicted molar refractivity (Wildman–Crippen MR) is 102 cm³/mol. The number of nitrogens with zero attached hydrogens (tertiary/aromatic N) is 3. The molecule has 0 aliphatic carbocycles. The molecule has 2 aromatic rings. The van der Waals surface area contributed by atoms with Crippen molar-refractivity contribution in [2.24, 2.45) is 11.8 Å². The first-order chi connectivity index (χ1) is 14.0. The number of amides is 2. The average molecular weight is 402 g/mol. The molecule has 2 saturated heterocycles. The lowest BCUT2D eigenvalue weighted by Gasteiger charge is -2.33. The van der Waals surface area contributed by atoms with Crippen molar-refractivity contribution in [1.82, 2.24) is 15.1 Å². The molecule has 1 aromatic heterocycles. The van der Waals surface area contributed by atoms with Gasteiger partial charge in [0.1, 0.15) is 5.82 Å². The van der Waals surface area contributed by atoms with Crippen molar-refractivity contribution in [3.8, 4) is 0 Å². The lowest BCUT2D eigenvalue weighted by molar-refractivity contribution is -0.142. The second-order valence-corrected chi connectivity index (χ2v) is 7.66. The number of carbonyl (C=O) groups is 3. The van der Waals surface area contributed by atoms with Crippen LogP contribution in [0.5, 0.6) is 0 Å². The molecule has 3 heterocycles. The van der Waals surface area contributed by atoms with Gasteiger partial charge >= 0.3 is 5.97 Å². The molecule has 1 aromatic carbocycles. The summed E-state index contributed by atoms with van der Waals surface area (Å²) in [6, 6.07) is 4.58. The number of carbonyl (C=O) groups excluding carboxylic acids is 3. The number of esters is 1. The van der Waals surface area contributed by atoms with Crippen LogP contribution in [-0.2, 0) is 19.1 Å². The Bertz CT molecular complexity index is 951. The highest BCUT2D eigenvalue weighted by Gasteiger charge is 2.39. The summed E-state index contributed by atoms with van der Waals surface area (Å²) in [6.45, 7) is 1.31. The van der Waals surface area contributed by atoms with Gasteiger partial charge in [-0.15, -0.1) is 0 Å². The number of aromatic nitrogens is 2. The van der Waals surface area contributed by atoms with Crippen molar-refractivity contribution in [1.29, 1.82) is 0 Å². The van der Waals surface area contributed by atoms with Crippen LogP contribution in [0.15, 0.2) is 18.2 Å². The van der Waals surface area contributed by atoms with E-state index in [4.69, 9.17) is 4.74 Å². The minimum absolute atomic E-state index is 0.0716. The van der Waals surface area contributed by atoms with Gasteiger partial charge in [0.15, 0.2) is 5.82 Å². The van der Waals surface area contributed by atoms with E-state index in [1.54, 1.807) is 17.0 Å². The van der Waals surface area contributed by atoms with Crippen LogP contribution >= 0.6 is 0 Å². The highest BCUT2D eigenvalue weighted by Crippen LogP contribution is 2.32. The number of methoxy groups -OCH3 is 1. The molecule has 0 radical (unpaired) electrons. The zero-order valence-electron chi connectivity index (χ0n) is 16.2. The number of aromatic amines is 1. The lowest BCUT2D eigenvalue weighted by atomic mass is 9.92. The molecule has 4 rings (SSSR count). The number of ether oxygens (including phenoxy) is 1. The maximum atomic E-state index is 14.3. The molecule has 1 atom stereocenters. The normalized spacial score (nSPS) is 20.5. The Labute approximate surface area is 167 Å². The quantitative estimate of drug-likeness (QED) is 0.788. The number of nitrogens with one attached hydrogen (secondary N) is 1. The maximum absolute atomic E-state index is 14.3. The lowest BCUT2D eigenvalue weighted by Crippen LogP contribution is -2.42. The van der Waals surface area contributed by atoms with Crippen LogP contribution in [0.25, 0.3) is 10.9 Å². The number of H-pyrrole nitrogens is 1. The first-order valence-electron chi connectivity index (χ1n) is 9.76. The summed E-state index contributed by atoms with van der Waals surface area (Å²) in [5, 5.41) is 7.12. The summed E-state index contributed by atoms with van der Waals surface area (Å²) >= 11 is 0. The van der Waals surface area contributed by atoms with Gasteiger partial charge in [-0.3, -0.25) is 24.4 Å². The molecular formula is C20H23FN4O4. The minimum Gasteiger partial charge on any atom is -0.469 e. The summed E-state index contributed by atoms with van der Waals surface area (Å²) in [6.07, 6.45) is 1.93. The fourth-order valence-corrected chi connectivity index (χ4v) is 4.22. The Morgan fingerprint density at radius 2 is 2.07 bits per heavy atom. The standard InChI is InChI=1S/C20H23FN4O4/c1-29-17(27)9-12-5-7-24(8-6-12)20(28)13-10-16(26)25(11-13)19-18-14(21)3-2-4-15(18)22-23-19/h2-4,12-13H,5-11H2,1H3,(H,22,23). The fourth-order valence-electron chi connectivity index (χ4n) is 4.22. The number of hydrogen-bond acceptors (Lipinski definition) is 5. The van der Waals surface area contributed by atoms with E-state index in [0.717, 1.165) is 12.8 Å². The van der Waals surface area contributed by atoms with Crippen LogP contribution in [0.4, 0.5) is 10.2 Å². The van der Waals surface area contributed by atoms with Gasteiger partial charge in [0.25, 0.3) is 0 Å². The van der Waals surface area contributed by atoms with Gasteiger partial charge in [0, 0.05) is 32.5 Å². The largest absolute Gasteiger partial charge is 0.469 e. The number of rotatable bonds is 4. The smallest absolute Gasteiger partial charge is 0.305 e. The number of fused-ring (bicyclic) bond motifs is 1. The summed E-state index contributed by atoms with van der Waals surface area (Å²) in [5.41, 5.74) is 0.509. The molecule has 154 valence electrons. The van der Waals surface area contributed by atoms with Crippen molar-refractivity contribution in [2.75, 3.05) is 31.6 Å². The average Bonchev–Trinajstić information content (AvgIpc) is 3.32. The number of halogens is 1. The van der Waals surface area contributed by atoms with Crippen molar-refractivity contribution in [3.63, 3.8) is 0 Å². The summed E-state index contributed by atoms with van der Waals surface area (Å²) in [4.78, 5) is 40.1. The second-order valence-electron chi connectivity index (χ2n) is 7.66. The number of anilines is 1. The second kappa shape index (κ2) is 7.81. The van der Waals surface area contributed by atoms with Gasteiger partial charge in [-0.25, -0.2) is 4.39 Å². The number of likely N-dealkylation sites (tertiary alicyclic amines) is 1. The van der Waals surface area contributed by atoms with E-state index < -0.39 is 11.7 Å². The van der Waals surface area contributed by atoms with Crippen LogP contribution in [0.3, 0.4) is 0 Å². The summed E-state index contributed by atoms with van der Waals surface area (Å²) < 4.78 is 19.0. The van der Waals surface area contributed by atoms with E-state index >= 15 is 0 Å². The Morgan fingerprint density at radius 1 is 1.31 bits per heavy atom. The predicted octanol–water partition coefficient (Wildman–Crippen LogP) is 1.86. The molecule has 2 fully saturated rings. The van der Waals surface area contributed by atoms with Crippen molar-refractivity contribution in [3.05, 3.63) is 24.0 Å². The topological polar surface area (TPSA) is 95.6 Å². The minimum atomic E-state index is -0.474. The van der Waals surface area contributed by atoms with Gasteiger partial charge in [-0.05, 0) is 30.9 Å². The van der Waals surface area contributed by atoms with Crippen molar-refractivity contribution in [2.45, 2.75) is 25.7 Å². The molecule has 2 amide bonds. The highest BCUT2D eigenvalue weighted by molar-refractivity contribution is 6.05. The third-order valence-electron chi connectivity index (χ3n) is 5.86. The van der Waals surface area contributed by atoms with Crippen molar-refractivity contribution < 1.29 is 23.5 Å². The third-order valence-corrected chi connectivity index (χ3v) is 5.86. The van der Waals surface area contributed by atoms with Gasteiger partial charge in [0.2, 0.25) is 11.8 Å². The van der Waals surface area contributed by atoms with Gasteiger partial charge < -0.3 is 9.64 Å². The van der Waals surface area contributed by atoms with Gasteiger partial charge in [-0.2, -0.15) is 5.10 Å². The molecule has 0 bridgehead atoms. The van der Waals surface area contributed by atoms with Crippen LogP contribution in [0.2, 0.25) is 0 Å². The Hall–Kier alpha value is -2.97. The number of benzene rings is 1. The number of hydrogen-bond donors (Lipinski definition) is 1. The zero-order chi connectivity index (χ0) is 20.5. The van der Waals surface area contributed by atoms with E-state index in [1.165, 1.54) is 18.1 Å². The first-order valence-corrected chi connectivity index (χ1v) is 9.76. The summed E-state index contributed by atoms with van der Waals surface area (Å²) in [5.74, 6) is -1.02. The molecule has 2 aliphatic heterocycles. The molecule has 2 aliphatic rings. The SMILES string of the molecule is COC(=O)CC1CCN(C(=O)C2CC(=O)N(c3n[nH]c4cccc(F)c34)C2)CC1. The molecule has 0 spiro atoms. The Morgan fingerprint density at radius 3 is 2.79 bits per heavy atom. The third kappa shape index (κ3) is 3.68. The number of piperidine rings is 1. The van der Waals surface area contributed by atoms with Crippen LogP contribution in [0, 0.1) is 17.7 Å². The Balaban J connectivity index is 1.42. The fraction of sp³-hybridized carbons (Fsp3) is 0.500. The van der Waals surface area contributed by atoms with E-state index in [1.807, 2.05) is 0 Å². The van der Waals surface area contributed by atoms with E-state index in [9.17, 15) is 18.8 Å². The molecule has 1 N–H and O–H groups in total. The maximum Gasteiger partial charge on any atom is 0.305 e. The van der Waals surface area contributed by atoms with E-state index in [0.29, 0.717) is 25.0 Å². The monoisotopic (exact) mass is 402 g/mol. The van der Waals surface area contributed by atoms with Crippen LogP contribution in [-0.4, -0.2) is 59.6 Å². The molecule has 1 unspecified atom stereocenters. The molecule has 9 heteroatoms. The van der Waals surface area contributed by atoms with E-state index in [-0.39, 0.29) is 47.9 Å². The molecule has 8 nitrogen and oxygen atoms in total. The summed E-state index contributed by atoms with van der Waals surface area (Å²) in [7, 11) is 1.37.